The summed E-state index contributed by atoms with van der Waals surface area (Å²) in [5.41, 5.74) is 9.57. The van der Waals surface area contributed by atoms with E-state index < -0.39 is 0 Å². The van der Waals surface area contributed by atoms with Gasteiger partial charge in [-0.15, -0.1) is 0 Å². The lowest BCUT2D eigenvalue weighted by Crippen LogP contribution is -2.04. The van der Waals surface area contributed by atoms with E-state index in [1.807, 2.05) is 47.3 Å². The number of hydrogen-bond acceptors (Lipinski definition) is 4. The third-order valence-electron chi connectivity index (χ3n) is 3.42. The van der Waals surface area contributed by atoms with E-state index in [9.17, 15) is 0 Å². The summed E-state index contributed by atoms with van der Waals surface area (Å²) in [5, 5.41) is 4.68. The molecule has 5 heteroatoms. The fraction of sp³-hybridized carbons (Fsp3) is 0.176. The number of pyridine rings is 1. The molecule has 0 radical (unpaired) electrons. The van der Waals surface area contributed by atoms with Gasteiger partial charge in [-0.3, -0.25) is 4.98 Å². The van der Waals surface area contributed by atoms with Gasteiger partial charge < -0.3 is 10.5 Å². The Kier molecular flexibility index (Phi) is 4.16. The molecule has 0 spiro atoms. The first-order chi connectivity index (χ1) is 10.8. The van der Waals surface area contributed by atoms with Gasteiger partial charge >= 0.3 is 0 Å². The summed E-state index contributed by atoms with van der Waals surface area (Å²) in [5.74, 6) is 0.797. The minimum atomic E-state index is 0.571. The van der Waals surface area contributed by atoms with Crippen molar-refractivity contribution in [2.45, 2.75) is 6.42 Å². The van der Waals surface area contributed by atoms with Crippen LogP contribution in [0.15, 0.2) is 54.9 Å². The lowest BCUT2D eigenvalue weighted by molar-refractivity contribution is 0.414. The van der Waals surface area contributed by atoms with Crippen LogP contribution in [0.5, 0.6) is 5.75 Å². The van der Waals surface area contributed by atoms with Crippen molar-refractivity contribution < 1.29 is 4.74 Å². The van der Waals surface area contributed by atoms with Crippen molar-refractivity contribution in [3.05, 3.63) is 60.6 Å². The number of rotatable bonds is 5. The van der Waals surface area contributed by atoms with E-state index >= 15 is 0 Å². The Morgan fingerprint density at radius 3 is 2.82 bits per heavy atom. The highest BCUT2D eigenvalue weighted by Gasteiger charge is 2.12. The van der Waals surface area contributed by atoms with Gasteiger partial charge in [-0.25, -0.2) is 4.68 Å². The number of nitrogens with two attached hydrogens (primary N) is 1. The van der Waals surface area contributed by atoms with Crippen LogP contribution < -0.4 is 10.5 Å². The first kappa shape index (κ1) is 14.3. The Morgan fingerprint density at radius 2 is 2.09 bits per heavy atom. The topological polar surface area (TPSA) is 66.0 Å². The average Bonchev–Trinajstić information content (AvgIpc) is 3.00. The number of aromatic nitrogens is 3. The largest absolute Gasteiger partial charge is 0.497 e. The Hall–Kier alpha value is -2.66. The lowest BCUT2D eigenvalue weighted by atomic mass is 10.2. The summed E-state index contributed by atoms with van der Waals surface area (Å²) in [4.78, 5) is 4.19. The molecular formula is C17H18N4O. The molecule has 0 saturated heterocycles. The molecule has 2 N–H and O–H groups in total. The lowest BCUT2D eigenvalue weighted by Gasteiger charge is -2.08. The van der Waals surface area contributed by atoms with Crippen LogP contribution in [0.1, 0.15) is 5.69 Å². The highest BCUT2D eigenvalue weighted by molar-refractivity contribution is 5.62. The molecule has 2 aromatic heterocycles. The minimum Gasteiger partial charge on any atom is -0.497 e. The smallest absolute Gasteiger partial charge is 0.121 e. The standard InChI is InChI=1S/C17H18N4O/c1-22-16-6-2-5-15(11-16)21-17(10-14(20-21)7-8-18)13-4-3-9-19-12-13/h2-6,9-12H,7-8,18H2,1H3. The van der Waals surface area contributed by atoms with Crippen molar-refractivity contribution >= 4 is 0 Å². The van der Waals surface area contributed by atoms with Crippen LogP contribution in [-0.4, -0.2) is 28.4 Å². The zero-order valence-electron chi connectivity index (χ0n) is 12.4. The maximum atomic E-state index is 5.66. The number of benzene rings is 1. The van der Waals surface area contributed by atoms with Gasteiger partial charge in [0.05, 0.1) is 24.2 Å². The summed E-state index contributed by atoms with van der Waals surface area (Å²) in [7, 11) is 1.66. The second-order valence-electron chi connectivity index (χ2n) is 4.91. The van der Waals surface area contributed by atoms with E-state index in [-0.39, 0.29) is 0 Å². The summed E-state index contributed by atoms with van der Waals surface area (Å²) in [6.07, 6.45) is 4.33. The predicted octanol–water partition coefficient (Wildman–Crippen LogP) is 2.44. The molecule has 0 bridgehead atoms. The van der Waals surface area contributed by atoms with Crippen LogP contribution in [0.4, 0.5) is 0 Å². The fourth-order valence-electron chi connectivity index (χ4n) is 2.36. The average molecular weight is 294 g/mol. The van der Waals surface area contributed by atoms with Crippen LogP contribution in [-0.2, 0) is 6.42 Å². The van der Waals surface area contributed by atoms with Gasteiger partial charge in [0.2, 0.25) is 0 Å². The molecule has 3 aromatic rings. The first-order valence-corrected chi connectivity index (χ1v) is 7.15. The molecule has 0 atom stereocenters. The summed E-state index contributed by atoms with van der Waals surface area (Å²) >= 11 is 0. The summed E-state index contributed by atoms with van der Waals surface area (Å²) < 4.78 is 7.21. The van der Waals surface area contributed by atoms with E-state index in [4.69, 9.17) is 10.5 Å². The van der Waals surface area contributed by atoms with Crippen LogP contribution in [0.25, 0.3) is 16.9 Å². The molecule has 0 aliphatic carbocycles. The molecule has 0 saturated carbocycles. The summed E-state index contributed by atoms with van der Waals surface area (Å²) in [6.45, 7) is 0.571. The van der Waals surface area contributed by atoms with Crippen LogP contribution in [0.2, 0.25) is 0 Å². The first-order valence-electron chi connectivity index (χ1n) is 7.15. The highest BCUT2D eigenvalue weighted by Crippen LogP contribution is 2.25. The Bertz CT molecular complexity index is 752. The van der Waals surface area contributed by atoms with E-state index in [2.05, 4.69) is 16.1 Å². The van der Waals surface area contributed by atoms with E-state index in [0.29, 0.717) is 6.54 Å². The Balaban J connectivity index is 2.12. The van der Waals surface area contributed by atoms with Crippen molar-refractivity contribution in [3.63, 3.8) is 0 Å². The Morgan fingerprint density at radius 1 is 1.18 bits per heavy atom. The second-order valence-corrected chi connectivity index (χ2v) is 4.91. The fourth-order valence-corrected chi connectivity index (χ4v) is 2.36. The van der Waals surface area contributed by atoms with E-state index in [0.717, 1.165) is 34.8 Å². The molecular weight excluding hydrogens is 276 g/mol. The maximum Gasteiger partial charge on any atom is 0.121 e. The molecule has 0 unspecified atom stereocenters. The van der Waals surface area contributed by atoms with Crippen molar-refractivity contribution in [2.24, 2.45) is 5.73 Å². The van der Waals surface area contributed by atoms with Crippen molar-refractivity contribution in [1.29, 1.82) is 0 Å². The number of ether oxygens (including phenoxy) is 1. The number of nitrogens with zero attached hydrogens (tertiary/aromatic N) is 3. The second kappa shape index (κ2) is 6.41. The molecule has 3 rings (SSSR count). The normalized spacial score (nSPS) is 10.6. The third-order valence-corrected chi connectivity index (χ3v) is 3.42. The van der Waals surface area contributed by atoms with Gasteiger partial charge in [0.1, 0.15) is 5.75 Å². The van der Waals surface area contributed by atoms with Gasteiger partial charge in [-0.2, -0.15) is 5.10 Å². The molecule has 0 aliphatic rings. The number of methoxy groups -OCH3 is 1. The number of hydrogen-bond donors (Lipinski definition) is 1. The van der Waals surface area contributed by atoms with Gasteiger partial charge in [-0.1, -0.05) is 6.07 Å². The molecule has 22 heavy (non-hydrogen) atoms. The summed E-state index contributed by atoms with van der Waals surface area (Å²) in [6, 6.07) is 13.8. The molecule has 1 aromatic carbocycles. The monoisotopic (exact) mass is 294 g/mol. The highest BCUT2D eigenvalue weighted by atomic mass is 16.5. The van der Waals surface area contributed by atoms with E-state index in [1.165, 1.54) is 0 Å². The van der Waals surface area contributed by atoms with Crippen LogP contribution in [0, 0.1) is 0 Å². The zero-order valence-corrected chi connectivity index (χ0v) is 12.4. The molecule has 2 heterocycles. The van der Waals surface area contributed by atoms with Crippen LogP contribution in [0.3, 0.4) is 0 Å². The third kappa shape index (κ3) is 2.84. The van der Waals surface area contributed by atoms with Crippen molar-refractivity contribution in [1.82, 2.24) is 14.8 Å². The van der Waals surface area contributed by atoms with Gasteiger partial charge in [0, 0.05) is 30.4 Å². The van der Waals surface area contributed by atoms with Gasteiger partial charge in [0.15, 0.2) is 0 Å². The molecule has 0 fully saturated rings. The SMILES string of the molecule is COc1cccc(-n2nc(CCN)cc2-c2cccnc2)c1. The van der Waals surface area contributed by atoms with Gasteiger partial charge in [-0.05, 0) is 36.9 Å². The predicted molar refractivity (Wildman–Crippen MR) is 86.1 cm³/mol. The van der Waals surface area contributed by atoms with Crippen molar-refractivity contribution in [3.8, 4) is 22.7 Å². The molecule has 5 nitrogen and oxygen atoms in total. The molecule has 112 valence electrons. The molecule has 0 amide bonds. The minimum absolute atomic E-state index is 0.571. The zero-order chi connectivity index (χ0) is 15.4. The van der Waals surface area contributed by atoms with E-state index in [1.54, 1.807) is 13.3 Å². The quantitative estimate of drug-likeness (QED) is 0.785. The maximum absolute atomic E-state index is 5.66. The van der Waals surface area contributed by atoms with Crippen LogP contribution >= 0.6 is 0 Å². The Labute approximate surface area is 129 Å². The molecule has 0 aliphatic heterocycles. The van der Waals surface area contributed by atoms with Gasteiger partial charge in [0.25, 0.3) is 0 Å². The van der Waals surface area contributed by atoms with Crippen molar-refractivity contribution in [2.75, 3.05) is 13.7 Å².